The molecule has 0 amide bonds. The van der Waals surface area contributed by atoms with Gasteiger partial charge in [0.2, 0.25) is 0 Å². The van der Waals surface area contributed by atoms with Gasteiger partial charge in [0.25, 0.3) is 0 Å². The summed E-state index contributed by atoms with van der Waals surface area (Å²) in [6.45, 7) is 2.23. The molecule has 0 fully saturated rings. The van der Waals surface area contributed by atoms with Crippen LogP contribution < -0.4 is 0 Å². The average molecular weight is 236 g/mol. The molecule has 0 bridgehead atoms. The number of hydrogen-bond acceptors (Lipinski definition) is 2. The molecule has 1 aliphatic rings. The third kappa shape index (κ3) is 2.92. The molecule has 0 aliphatic heterocycles. The van der Waals surface area contributed by atoms with E-state index < -0.39 is 5.60 Å². The fourth-order valence-electron chi connectivity index (χ4n) is 2.91. The Bertz CT molecular complexity index is 342. The van der Waals surface area contributed by atoms with Crippen molar-refractivity contribution in [2.75, 3.05) is 0 Å². The summed E-state index contributed by atoms with van der Waals surface area (Å²) in [5.41, 5.74) is 0.450. The van der Waals surface area contributed by atoms with Crippen LogP contribution in [0.3, 0.4) is 0 Å². The molecule has 2 heteroatoms. The van der Waals surface area contributed by atoms with Gasteiger partial charge in [0.1, 0.15) is 5.76 Å². The van der Waals surface area contributed by atoms with Crippen LogP contribution in [0.5, 0.6) is 0 Å². The van der Waals surface area contributed by atoms with Gasteiger partial charge in [-0.3, -0.25) is 0 Å². The second-order valence-electron chi connectivity index (χ2n) is 5.31. The van der Waals surface area contributed by atoms with E-state index in [0.717, 1.165) is 43.4 Å². The lowest BCUT2D eigenvalue weighted by Crippen LogP contribution is -2.29. The predicted molar refractivity (Wildman–Crippen MR) is 68.9 cm³/mol. The van der Waals surface area contributed by atoms with Gasteiger partial charge in [-0.05, 0) is 25.3 Å². The highest BCUT2D eigenvalue weighted by atomic mass is 16.3. The minimum absolute atomic E-state index is 0.604. The number of rotatable bonds is 6. The lowest BCUT2D eigenvalue weighted by Gasteiger charge is -2.31. The van der Waals surface area contributed by atoms with Crippen molar-refractivity contribution in [2.24, 2.45) is 0 Å². The van der Waals surface area contributed by atoms with Crippen LogP contribution in [-0.4, -0.2) is 5.11 Å². The van der Waals surface area contributed by atoms with Gasteiger partial charge in [-0.2, -0.15) is 0 Å². The maximum atomic E-state index is 10.7. The maximum absolute atomic E-state index is 10.7. The van der Waals surface area contributed by atoms with Crippen LogP contribution in [0.1, 0.15) is 69.6 Å². The molecule has 0 saturated heterocycles. The van der Waals surface area contributed by atoms with E-state index in [0.29, 0.717) is 0 Å². The van der Waals surface area contributed by atoms with Crippen molar-refractivity contribution in [3.8, 4) is 0 Å². The highest BCUT2D eigenvalue weighted by Crippen LogP contribution is 2.39. The Kier molecular flexibility index (Phi) is 4.27. The quantitative estimate of drug-likeness (QED) is 0.752. The minimum Gasteiger partial charge on any atom is -0.469 e. The third-order valence-electron chi connectivity index (χ3n) is 3.93. The highest BCUT2D eigenvalue weighted by Gasteiger charge is 2.35. The lowest BCUT2D eigenvalue weighted by atomic mass is 9.79. The third-order valence-corrected chi connectivity index (χ3v) is 3.93. The van der Waals surface area contributed by atoms with Gasteiger partial charge in [0.15, 0.2) is 0 Å². The second kappa shape index (κ2) is 5.72. The summed E-state index contributed by atoms with van der Waals surface area (Å²) in [5, 5.41) is 10.7. The zero-order valence-electron chi connectivity index (χ0n) is 10.9. The normalized spacial score (nSPS) is 23.6. The Morgan fingerprint density at radius 3 is 2.94 bits per heavy atom. The smallest absolute Gasteiger partial charge is 0.109 e. The first-order chi connectivity index (χ1) is 8.26. The van der Waals surface area contributed by atoms with E-state index in [-0.39, 0.29) is 0 Å². The van der Waals surface area contributed by atoms with Crippen molar-refractivity contribution in [3.05, 3.63) is 23.7 Å². The van der Waals surface area contributed by atoms with Crippen LogP contribution >= 0.6 is 0 Å². The molecule has 2 nitrogen and oxygen atoms in total. The Balaban J connectivity index is 1.88. The highest BCUT2D eigenvalue weighted by molar-refractivity contribution is 5.27. The molecule has 2 rings (SSSR count). The topological polar surface area (TPSA) is 33.4 Å². The molecule has 1 aromatic rings. The van der Waals surface area contributed by atoms with Gasteiger partial charge in [-0.25, -0.2) is 0 Å². The predicted octanol–water partition coefficient (Wildman–Crippen LogP) is 4.16. The van der Waals surface area contributed by atoms with Gasteiger partial charge < -0.3 is 9.52 Å². The number of unbranched alkanes of at least 4 members (excludes halogenated alkanes) is 4. The lowest BCUT2D eigenvalue weighted by molar-refractivity contribution is 0.00553. The second-order valence-corrected chi connectivity index (χ2v) is 5.31. The molecule has 0 saturated carbocycles. The molecule has 0 aromatic carbocycles. The Hall–Kier alpha value is -0.760. The first-order valence-corrected chi connectivity index (χ1v) is 7.05. The van der Waals surface area contributed by atoms with Gasteiger partial charge >= 0.3 is 0 Å². The summed E-state index contributed by atoms with van der Waals surface area (Å²) in [4.78, 5) is 0. The summed E-state index contributed by atoms with van der Waals surface area (Å²) in [6.07, 6.45) is 11.8. The Morgan fingerprint density at radius 2 is 2.12 bits per heavy atom. The molecule has 1 heterocycles. The monoisotopic (exact) mass is 236 g/mol. The molecule has 1 unspecified atom stereocenters. The van der Waals surface area contributed by atoms with Crippen LogP contribution in [0.15, 0.2) is 16.7 Å². The first kappa shape index (κ1) is 12.7. The zero-order valence-corrected chi connectivity index (χ0v) is 10.9. The molecular formula is C15H24O2. The van der Waals surface area contributed by atoms with Crippen LogP contribution in [-0.2, 0) is 12.0 Å². The molecule has 96 valence electrons. The van der Waals surface area contributed by atoms with Crippen molar-refractivity contribution >= 4 is 0 Å². The largest absolute Gasteiger partial charge is 0.469 e. The summed E-state index contributed by atoms with van der Waals surface area (Å²) in [7, 11) is 0. The van der Waals surface area contributed by atoms with E-state index in [1.807, 2.05) is 6.07 Å². The van der Waals surface area contributed by atoms with Gasteiger partial charge in [-0.15, -0.1) is 0 Å². The molecule has 0 radical (unpaired) electrons. The van der Waals surface area contributed by atoms with Crippen molar-refractivity contribution in [2.45, 2.75) is 70.3 Å². The van der Waals surface area contributed by atoms with Crippen molar-refractivity contribution in [1.29, 1.82) is 0 Å². The van der Waals surface area contributed by atoms with Gasteiger partial charge in [0.05, 0.1) is 11.9 Å². The summed E-state index contributed by atoms with van der Waals surface area (Å²) < 4.78 is 5.44. The Morgan fingerprint density at radius 1 is 1.29 bits per heavy atom. The van der Waals surface area contributed by atoms with Crippen LogP contribution in [0.25, 0.3) is 0 Å². The van der Waals surface area contributed by atoms with E-state index in [1.165, 1.54) is 25.7 Å². The van der Waals surface area contributed by atoms with Crippen LogP contribution in [0.4, 0.5) is 0 Å². The van der Waals surface area contributed by atoms with Crippen molar-refractivity contribution < 1.29 is 9.52 Å². The van der Waals surface area contributed by atoms with E-state index >= 15 is 0 Å². The molecule has 1 aromatic heterocycles. The summed E-state index contributed by atoms with van der Waals surface area (Å²) >= 11 is 0. The van der Waals surface area contributed by atoms with Gasteiger partial charge in [0, 0.05) is 12.0 Å². The van der Waals surface area contributed by atoms with E-state index in [4.69, 9.17) is 4.42 Å². The summed E-state index contributed by atoms with van der Waals surface area (Å²) in [6, 6.07) is 1.96. The van der Waals surface area contributed by atoms with Crippen LogP contribution in [0.2, 0.25) is 0 Å². The number of fused-ring (bicyclic) bond motifs is 1. The molecule has 0 spiro atoms. The number of furan rings is 1. The maximum Gasteiger partial charge on any atom is 0.109 e. The fourth-order valence-corrected chi connectivity index (χ4v) is 2.91. The zero-order chi connectivity index (χ0) is 12.1. The minimum atomic E-state index is -0.604. The van der Waals surface area contributed by atoms with Crippen LogP contribution in [0, 0.1) is 0 Å². The van der Waals surface area contributed by atoms with E-state index in [9.17, 15) is 5.11 Å². The van der Waals surface area contributed by atoms with Crippen molar-refractivity contribution in [1.82, 2.24) is 0 Å². The summed E-state index contributed by atoms with van der Waals surface area (Å²) in [5.74, 6) is 1.01. The molecule has 1 N–H and O–H groups in total. The van der Waals surface area contributed by atoms with E-state index in [1.54, 1.807) is 6.26 Å². The standard InChI is InChI=1S/C15H24O2/c1-2-3-4-5-6-10-15(16)11-7-8-14-13(15)9-12-17-14/h9,12,16H,2-8,10-11H2,1H3. The number of aryl methyl sites for hydroxylation is 1. The Labute approximate surface area is 104 Å². The molecular weight excluding hydrogens is 212 g/mol. The SMILES string of the molecule is CCCCCCCC1(O)CCCc2occc21. The van der Waals surface area contributed by atoms with Gasteiger partial charge in [-0.1, -0.05) is 39.0 Å². The molecule has 1 aliphatic carbocycles. The number of aliphatic hydroxyl groups is 1. The fraction of sp³-hybridized carbons (Fsp3) is 0.733. The van der Waals surface area contributed by atoms with Crippen molar-refractivity contribution in [3.63, 3.8) is 0 Å². The molecule has 1 atom stereocenters. The van der Waals surface area contributed by atoms with E-state index in [2.05, 4.69) is 6.92 Å². The molecule has 17 heavy (non-hydrogen) atoms. The number of hydrogen-bond donors (Lipinski definition) is 1. The first-order valence-electron chi connectivity index (χ1n) is 7.05. The average Bonchev–Trinajstić information content (AvgIpc) is 2.79.